The molecule has 0 atom stereocenters. The molecule has 0 saturated carbocycles. The molecule has 0 spiro atoms. The Hall–Kier alpha value is -2.96. The van der Waals surface area contributed by atoms with E-state index >= 15 is 0 Å². The first kappa shape index (κ1) is 15.9. The monoisotopic (exact) mass is 330 g/mol. The van der Waals surface area contributed by atoms with E-state index in [1.807, 2.05) is 13.8 Å². The Balaban J connectivity index is 2.25. The van der Waals surface area contributed by atoms with Gasteiger partial charge in [0.2, 0.25) is 0 Å². The van der Waals surface area contributed by atoms with Crippen molar-refractivity contribution in [2.45, 2.75) is 19.9 Å². The minimum Gasteiger partial charge on any atom is -0.369 e. The van der Waals surface area contributed by atoms with Gasteiger partial charge in [0, 0.05) is 23.9 Å². The fourth-order valence-corrected chi connectivity index (χ4v) is 2.57. The molecule has 5 nitrogen and oxygen atoms in total. The van der Waals surface area contributed by atoms with Crippen LogP contribution in [0.4, 0.5) is 14.7 Å². The van der Waals surface area contributed by atoms with E-state index in [9.17, 15) is 13.6 Å². The Labute approximate surface area is 136 Å². The fourth-order valence-electron chi connectivity index (χ4n) is 2.57. The number of nitrogens with two attached hydrogens (primary N) is 1. The van der Waals surface area contributed by atoms with Crippen molar-refractivity contribution in [3.63, 3.8) is 0 Å². The van der Waals surface area contributed by atoms with Gasteiger partial charge >= 0.3 is 0 Å². The molecular weight excluding hydrogens is 314 g/mol. The molecule has 1 aromatic carbocycles. The van der Waals surface area contributed by atoms with Crippen molar-refractivity contribution in [3.8, 4) is 22.5 Å². The molecule has 0 radical (unpaired) electrons. The highest BCUT2D eigenvalue weighted by Crippen LogP contribution is 2.31. The molecule has 0 bridgehead atoms. The van der Waals surface area contributed by atoms with Gasteiger partial charge in [0.25, 0.3) is 5.56 Å². The molecule has 0 aliphatic carbocycles. The number of hydrogen-bond donors (Lipinski definition) is 2. The summed E-state index contributed by atoms with van der Waals surface area (Å²) in [4.78, 5) is 19.5. The normalized spacial score (nSPS) is 11.2. The van der Waals surface area contributed by atoms with E-state index in [-0.39, 0.29) is 28.8 Å². The molecule has 124 valence electrons. The standard InChI is InChI=1S/C17H16F2N4O/c1-9(2)23-7-3-4-12(16(23)24)15-14(21-17(20)22-15)11-6-5-10(18)8-13(11)19/h3-9H,1-2H3,(H3,20,21,22). The van der Waals surface area contributed by atoms with E-state index in [2.05, 4.69) is 9.97 Å². The van der Waals surface area contributed by atoms with Crippen LogP contribution in [0.3, 0.4) is 0 Å². The lowest BCUT2D eigenvalue weighted by Gasteiger charge is -2.11. The topological polar surface area (TPSA) is 76.7 Å². The molecule has 0 unspecified atom stereocenters. The molecule has 3 aromatic rings. The molecule has 0 saturated heterocycles. The average molecular weight is 330 g/mol. The number of aromatic amines is 1. The van der Waals surface area contributed by atoms with Crippen LogP contribution in [0.2, 0.25) is 0 Å². The number of nitrogens with one attached hydrogen (secondary N) is 1. The van der Waals surface area contributed by atoms with E-state index in [0.29, 0.717) is 11.3 Å². The zero-order chi connectivity index (χ0) is 17.4. The van der Waals surface area contributed by atoms with Crippen molar-refractivity contribution in [1.29, 1.82) is 0 Å². The smallest absolute Gasteiger partial charge is 0.260 e. The van der Waals surface area contributed by atoms with Crippen LogP contribution >= 0.6 is 0 Å². The van der Waals surface area contributed by atoms with Crippen LogP contribution in [0.1, 0.15) is 19.9 Å². The Bertz CT molecular complexity index is 959. The maximum atomic E-state index is 14.1. The summed E-state index contributed by atoms with van der Waals surface area (Å²) in [5.74, 6) is -1.42. The summed E-state index contributed by atoms with van der Waals surface area (Å²) in [5.41, 5.74) is 6.32. The summed E-state index contributed by atoms with van der Waals surface area (Å²) in [6, 6.07) is 6.46. The molecule has 0 fully saturated rings. The summed E-state index contributed by atoms with van der Waals surface area (Å²) >= 11 is 0. The molecule has 7 heteroatoms. The number of hydrogen-bond acceptors (Lipinski definition) is 3. The third kappa shape index (κ3) is 2.68. The number of pyridine rings is 1. The predicted molar refractivity (Wildman–Crippen MR) is 88.4 cm³/mol. The highest BCUT2D eigenvalue weighted by molar-refractivity contribution is 5.79. The molecule has 0 amide bonds. The van der Waals surface area contributed by atoms with Crippen molar-refractivity contribution in [1.82, 2.24) is 14.5 Å². The number of aromatic nitrogens is 3. The zero-order valence-electron chi connectivity index (χ0n) is 13.2. The van der Waals surface area contributed by atoms with Crippen LogP contribution in [-0.2, 0) is 0 Å². The maximum Gasteiger partial charge on any atom is 0.260 e. The minimum atomic E-state index is -0.775. The van der Waals surface area contributed by atoms with Crippen molar-refractivity contribution in [3.05, 3.63) is 58.5 Å². The van der Waals surface area contributed by atoms with Gasteiger partial charge in [0.15, 0.2) is 5.95 Å². The van der Waals surface area contributed by atoms with Crippen LogP contribution in [0.25, 0.3) is 22.5 Å². The molecular formula is C17H16F2N4O. The number of imidazole rings is 1. The van der Waals surface area contributed by atoms with Crippen molar-refractivity contribution >= 4 is 5.95 Å². The number of nitrogens with zero attached hydrogens (tertiary/aromatic N) is 2. The first-order valence-corrected chi connectivity index (χ1v) is 7.41. The number of rotatable bonds is 3. The van der Waals surface area contributed by atoms with Gasteiger partial charge in [-0.3, -0.25) is 4.79 Å². The first-order chi connectivity index (χ1) is 11.4. The summed E-state index contributed by atoms with van der Waals surface area (Å²) in [6.07, 6.45) is 1.67. The van der Waals surface area contributed by atoms with Crippen molar-refractivity contribution < 1.29 is 8.78 Å². The predicted octanol–water partition coefficient (Wildman–Crippen LogP) is 3.35. The van der Waals surface area contributed by atoms with Crippen molar-refractivity contribution in [2.24, 2.45) is 0 Å². The third-order valence-corrected chi connectivity index (χ3v) is 3.71. The van der Waals surface area contributed by atoms with E-state index < -0.39 is 11.6 Å². The average Bonchev–Trinajstić information content (AvgIpc) is 2.88. The number of anilines is 1. The lowest BCUT2D eigenvalue weighted by Crippen LogP contribution is -2.22. The van der Waals surface area contributed by atoms with E-state index in [1.165, 1.54) is 6.07 Å². The van der Waals surface area contributed by atoms with Crippen LogP contribution in [0, 0.1) is 11.6 Å². The van der Waals surface area contributed by atoms with Crippen molar-refractivity contribution in [2.75, 3.05) is 5.73 Å². The van der Waals surface area contributed by atoms with Gasteiger partial charge in [-0.2, -0.15) is 0 Å². The second-order valence-corrected chi connectivity index (χ2v) is 5.70. The van der Waals surface area contributed by atoms with E-state index in [1.54, 1.807) is 22.9 Å². The van der Waals surface area contributed by atoms with Gasteiger partial charge < -0.3 is 15.3 Å². The summed E-state index contributed by atoms with van der Waals surface area (Å²) in [6.45, 7) is 3.76. The van der Waals surface area contributed by atoms with Crippen LogP contribution < -0.4 is 11.3 Å². The lowest BCUT2D eigenvalue weighted by molar-refractivity contribution is 0.579. The first-order valence-electron chi connectivity index (χ1n) is 7.41. The van der Waals surface area contributed by atoms with E-state index in [0.717, 1.165) is 12.1 Å². The van der Waals surface area contributed by atoms with Gasteiger partial charge in [-0.05, 0) is 38.1 Å². The van der Waals surface area contributed by atoms with Crippen LogP contribution in [0.15, 0.2) is 41.3 Å². The lowest BCUT2D eigenvalue weighted by atomic mass is 10.1. The van der Waals surface area contributed by atoms with Gasteiger partial charge in [-0.15, -0.1) is 0 Å². The Morgan fingerprint density at radius 1 is 1.21 bits per heavy atom. The summed E-state index contributed by atoms with van der Waals surface area (Å²) in [5, 5.41) is 0. The largest absolute Gasteiger partial charge is 0.369 e. The highest BCUT2D eigenvalue weighted by atomic mass is 19.1. The number of nitrogen functional groups attached to an aromatic ring is 1. The molecule has 0 aliphatic heterocycles. The third-order valence-electron chi connectivity index (χ3n) is 3.71. The number of benzene rings is 1. The molecule has 24 heavy (non-hydrogen) atoms. The molecule has 3 N–H and O–H groups in total. The SMILES string of the molecule is CC(C)n1cccc(-c2[nH]c(N)nc2-c2ccc(F)cc2F)c1=O. The summed E-state index contributed by atoms with van der Waals surface area (Å²) < 4.78 is 28.8. The zero-order valence-corrected chi connectivity index (χ0v) is 13.2. The summed E-state index contributed by atoms with van der Waals surface area (Å²) in [7, 11) is 0. The number of H-pyrrole nitrogens is 1. The highest BCUT2D eigenvalue weighted by Gasteiger charge is 2.19. The second-order valence-electron chi connectivity index (χ2n) is 5.70. The Kier molecular flexibility index (Phi) is 3.92. The van der Waals surface area contributed by atoms with E-state index in [4.69, 9.17) is 5.73 Å². The molecule has 3 rings (SSSR count). The van der Waals surface area contributed by atoms with Crippen LogP contribution in [-0.4, -0.2) is 14.5 Å². The Morgan fingerprint density at radius 2 is 1.96 bits per heavy atom. The second kappa shape index (κ2) is 5.92. The van der Waals surface area contributed by atoms with Crippen LogP contribution in [0.5, 0.6) is 0 Å². The minimum absolute atomic E-state index is 0.0382. The fraction of sp³-hybridized carbons (Fsp3) is 0.176. The Morgan fingerprint density at radius 3 is 2.62 bits per heavy atom. The molecule has 0 aliphatic rings. The quantitative estimate of drug-likeness (QED) is 0.773. The van der Waals surface area contributed by atoms with Gasteiger partial charge in [-0.1, -0.05) is 0 Å². The van der Waals surface area contributed by atoms with Gasteiger partial charge in [0.1, 0.15) is 17.3 Å². The van der Waals surface area contributed by atoms with Gasteiger partial charge in [-0.25, -0.2) is 13.8 Å². The van der Waals surface area contributed by atoms with Gasteiger partial charge in [0.05, 0.1) is 11.3 Å². The maximum absolute atomic E-state index is 14.1. The molecule has 2 heterocycles. The molecule has 2 aromatic heterocycles. The number of halogens is 2.